The lowest BCUT2D eigenvalue weighted by molar-refractivity contribution is -0.124. The van der Waals surface area contributed by atoms with Gasteiger partial charge in [-0.05, 0) is 24.4 Å². The van der Waals surface area contributed by atoms with Gasteiger partial charge in [0.05, 0.1) is 5.92 Å². The summed E-state index contributed by atoms with van der Waals surface area (Å²) < 4.78 is 0. The van der Waals surface area contributed by atoms with Crippen LogP contribution < -0.4 is 10.2 Å². The molecule has 1 saturated heterocycles. The van der Waals surface area contributed by atoms with Crippen molar-refractivity contribution >= 4 is 34.9 Å². The molecule has 1 amide bonds. The molecule has 1 aromatic rings. The number of anilines is 1. The van der Waals surface area contributed by atoms with Crippen molar-refractivity contribution in [1.29, 1.82) is 0 Å². The lowest BCUT2D eigenvalue weighted by Crippen LogP contribution is -2.42. The van der Waals surface area contributed by atoms with Gasteiger partial charge in [-0.1, -0.05) is 11.6 Å². The highest BCUT2D eigenvalue weighted by Crippen LogP contribution is 2.26. The molecule has 1 atom stereocenters. The van der Waals surface area contributed by atoms with Gasteiger partial charge in [-0.25, -0.2) is 0 Å². The molecule has 6 nitrogen and oxygen atoms in total. The monoisotopic (exact) mass is 289 g/mol. The predicted molar refractivity (Wildman–Crippen MR) is 68.9 cm³/mol. The fraction of sp³-hybridized carbons (Fsp3) is 0.600. The Morgan fingerprint density at radius 3 is 2.94 bits per heavy atom. The second kappa shape index (κ2) is 5.67. The number of carbonyl (C=O) groups excluding carboxylic acids is 1. The van der Waals surface area contributed by atoms with Crippen LogP contribution in [-0.4, -0.2) is 41.2 Å². The lowest BCUT2D eigenvalue weighted by atomic mass is 9.97. The van der Waals surface area contributed by atoms with E-state index in [0.29, 0.717) is 12.4 Å². The third-order valence-corrected chi connectivity index (χ3v) is 3.35. The number of nitrogens with zero attached hydrogens (tertiary/aromatic N) is 4. The van der Waals surface area contributed by atoms with E-state index < -0.39 is 0 Å². The SMILES string of the molecule is CNC(=O)C1CCCN(c2nc(Cl)nnc2Cl)C1. The van der Waals surface area contributed by atoms with Gasteiger partial charge in [0.25, 0.3) is 0 Å². The number of rotatable bonds is 2. The van der Waals surface area contributed by atoms with Gasteiger partial charge in [0.15, 0.2) is 11.0 Å². The summed E-state index contributed by atoms with van der Waals surface area (Å²) in [6, 6.07) is 0. The zero-order valence-corrected chi connectivity index (χ0v) is 11.4. The van der Waals surface area contributed by atoms with Crippen LogP contribution in [0.2, 0.25) is 10.4 Å². The normalized spacial score (nSPS) is 19.7. The fourth-order valence-electron chi connectivity index (χ4n) is 2.07. The Morgan fingerprint density at radius 2 is 2.22 bits per heavy atom. The number of aromatic nitrogens is 3. The number of hydrogen-bond donors (Lipinski definition) is 1. The molecule has 2 rings (SSSR count). The van der Waals surface area contributed by atoms with Gasteiger partial charge < -0.3 is 10.2 Å². The first kappa shape index (κ1) is 13.3. The number of halogens is 2. The third-order valence-electron chi connectivity index (χ3n) is 2.94. The summed E-state index contributed by atoms with van der Waals surface area (Å²) in [5.41, 5.74) is 0. The first-order valence-electron chi connectivity index (χ1n) is 5.64. The van der Waals surface area contributed by atoms with Crippen LogP contribution in [0, 0.1) is 5.92 Å². The van der Waals surface area contributed by atoms with E-state index in [1.165, 1.54) is 0 Å². The molecule has 0 radical (unpaired) electrons. The Balaban J connectivity index is 2.18. The molecule has 0 spiro atoms. The topological polar surface area (TPSA) is 71.0 Å². The summed E-state index contributed by atoms with van der Waals surface area (Å²) >= 11 is 11.7. The van der Waals surface area contributed by atoms with Gasteiger partial charge in [-0.2, -0.15) is 4.98 Å². The van der Waals surface area contributed by atoms with Crippen LogP contribution in [0.5, 0.6) is 0 Å². The third kappa shape index (κ3) is 2.81. The lowest BCUT2D eigenvalue weighted by Gasteiger charge is -2.32. The summed E-state index contributed by atoms with van der Waals surface area (Å²) in [5, 5.41) is 10.2. The van der Waals surface area contributed by atoms with E-state index >= 15 is 0 Å². The molecule has 1 aliphatic heterocycles. The first-order chi connectivity index (χ1) is 8.61. The highest BCUT2D eigenvalue weighted by Gasteiger charge is 2.27. The molecule has 1 aromatic heterocycles. The van der Waals surface area contributed by atoms with Crippen LogP contribution in [0.4, 0.5) is 5.82 Å². The zero-order chi connectivity index (χ0) is 13.1. The molecule has 0 bridgehead atoms. The molecule has 2 heterocycles. The molecule has 1 aliphatic rings. The maximum Gasteiger partial charge on any atom is 0.245 e. The number of carbonyl (C=O) groups is 1. The smallest absolute Gasteiger partial charge is 0.245 e. The summed E-state index contributed by atoms with van der Waals surface area (Å²) in [7, 11) is 1.64. The van der Waals surface area contributed by atoms with Crippen LogP contribution in [0.25, 0.3) is 0 Å². The van der Waals surface area contributed by atoms with E-state index in [1.54, 1.807) is 7.05 Å². The largest absolute Gasteiger partial charge is 0.359 e. The van der Waals surface area contributed by atoms with Gasteiger partial charge in [0.2, 0.25) is 11.2 Å². The van der Waals surface area contributed by atoms with E-state index in [1.807, 2.05) is 4.90 Å². The van der Waals surface area contributed by atoms with Gasteiger partial charge in [0, 0.05) is 20.1 Å². The average molecular weight is 290 g/mol. The first-order valence-corrected chi connectivity index (χ1v) is 6.39. The van der Waals surface area contributed by atoms with E-state index in [4.69, 9.17) is 23.2 Å². The van der Waals surface area contributed by atoms with E-state index in [9.17, 15) is 4.79 Å². The number of amides is 1. The summed E-state index contributed by atoms with van der Waals surface area (Å²) in [6.07, 6.45) is 1.76. The molecule has 1 unspecified atom stereocenters. The molecule has 1 N–H and O–H groups in total. The average Bonchev–Trinajstić information content (AvgIpc) is 2.40. The number of hydrogen-bond acceptors (Lipinski definition) is 5. The van der Waals surface area contributed by atoms with Crippen molar-refractivity contribution in [3.05, 3.63) is 10.4 Å². The van der Waals surface area contributed by atoms with Crippen molar-refractivity contribution in [2.24, 2.45) is 5.92 Å². The standard InChI is InChI=1S/C10H13Cl2N5O/c1-13-9(18)6-3-2-4-17(5-6)8-7(11)15-16-10(12)14-8/h6H,2-5H2,1H3,(H,13,18). The number of piperidine rings is 1. The van der Waals surface area contributed by atoms with Crippen molar-refractivity contribution in [2.75, 3.05) is 25.0 Å². The van der Waals surface area contributed by atoms with Crippen LogP contribution in [0.1, 0.15) is 12.8 Å². The van der Waals surface area contributed by atoms with Crippen molar-refractivity contribution in [1.82, 2.24) is 20.5 Å². The van der Waals surface area contributed by atoms with Crippen molar-refractivity contribution < 1.29 is 4.79 Å². The van der Waals surface area contributed by atoms with Gasteiger partial charge >= 0.3 is 0 Å². The van der Waals surface area contributed by atoms with Crippen molar-refractivity contribution in [3.63, 3.8) is 0 Å². The Hall–Kier alpha value is -1.14. The molecule has 0 aromatic carbocycles. The van der Waals surface area contributed by atoms with Gasteiger partial charge in [0.1, 0.15) is 0 Å². The number of nitrogens with one attached hydrogen (secondary N) is 1. The molecule has 8 heteroatoms. The predicted octanol–water partition coefficient (Wildman–Crippen LogP) is 1.14. The molecule has 18 heavy (non-hydrogen) atoms. The molecular formula is C10H13Cl2N5O. The maximum atomic E-state index is 11.7. The van der Waals surface area contributed by atoms with Crippen LogP contribution in [0.3, 0.4) is 0 Å². The minimum Gasteiger partial charge on any atom is -0.359 e. The molecular weight excluding hydrogens is 277 g/mol. The second-order valence-electron chi connectivity index (χ2n) is 4.09. The van der Waals surface area contributed by atoms with Crippen LogP contribution in [-0.2, 0) is 4.79 Å². The Labute approximate surface area is 115 Å². The Morgan fingerprint density at radius 1 is 1.44 bits per heavy atom. The molecule has 0 saturated carbocycles. The van der Waals surface area contributed by atoms with Crippen molar-refractivity contribution in [3.8, 4) is 0 Å². The minimum atomic E-state index is -0.0615. The van der Waals surface area contributed by atoms with E-state index in [0.717, 1.165) is 19.4 Å². The minimum absolute atomic E-state index is 0.0314. The van der Waals surface area contributed by atoms with Crippen molar-refractivity contribution in [2.45, 2.75) is 12.8 Å². The van der Waals surface area contributed by atoms with E-state index in [-0.39, 0.29) is 22.3 Å². The summed E-state index contributed by atoms with van der Waals surface area (Å²) in [6.45, 7) is 1.34. The molecule has 1 fully saturated rings. The van der Waals surface area contributed by atoms with Crippen LogP contribution >= 0.6 is 23.2 Å². The highest BCUT2D eigenvalue weighted by atomic mass is 35.5. The van der Waals surface area contributed by atoms with Crippen LogP contribution in [0.15, 0.2) is 0 Å². The Bertz CT molecular complexity index is 456. The maximum absolute atomic E-state index is 11.7. The molecule has 0 aliphatic carbocycles. The second-order valence-corrected chi connectivity index (χ2v) is 4.79. The zero-order valence-electron chi connectivity index (χ0n) is 9.86. The van der Waals surface area contributed by atoms with Gasteiger partial charge in [-0.15, -0.1) is 10.2 Å². The quantitative estimate of drug-likeness (QED) is 0.884. The van der Waals surface area contributed by atoms with Gasteiger partial charge in [-0.3, -0.25) is 4.79 Å². The highest BCUT2D eigenvalue weighted by molar-refractivity contribution is 6.32. The van der Waals surface area contributed by atoms with E-state index in [2.05, 4.69) is 20.5 Å². The summed E-state index contributed by atoms with van der Waals surface area (Å²) in [5.74, 6) is 0.461. The Kier molecular flexibility index (Phi) is 4.19. The summed E-state index contributed by atoms with van der Waals surface area (Å²) in [4.78, 5) is 17.6. The fourth-order valence-corrected chi connectivity index (χ4v) is 2.39. The molecule has 98 valence electrons.